The number of aromatic nitrogens is 1. The predicted octanol–water partition coefficient (Wildman–Crippen LogP) is 17.6. The molecular formula is C59H38N2S2. The average molecular weight is 839 g/mol. The molecule has 0 fully saturated rings. The van der Waals surface area contributed by atoms with Crippen LogP contribution in [0.2, 0.25) is 0 Å². The van der Waals surface area contributed by atoms with E-state index in [0.717, 1.165) is 33.1 Å². The van der Waals surface area contributed by atoms with Gasteiger partial charge in [0.1, 0.15) is 5.01 Å². The molecule has 0 aliphatic heterocycles. The number of benzene rings is 10. The number of nitrogens with zero attached hydrogens (tertiary/aromatic N) is 2. The summed E-state index contributed by atoms with van der Waals surface area (Å²) in [5.74, 6) is 0. The highest BCUT2D eigenvalue weighted by Crippen LogP contribution is 2.45. The smallest absolute Gasteiger partial charge is 0.124 e. The standard InChI is InChI=1S/C59H38N2S2/c1-4-14-41(15-5-1)50-34-33-49(36-52(50)42-16-6-2-7-17-42)61(47-29-25-40(26-30-47)46-24-23-39-13-10-11-20-45(39)35-46)48-31-27-43(28-32-48)51-21-12-22-55-58(51)53-37-54-57(38-56(53)62-55)63-59(60-54)44-18-8-3-9-19-44/h1-38H. The van der Waals surface area contributed by atoms with Gasteiger partial charge in [0.05, 0.1) is 10.2 Å². The highest BCUT2D eigenvalue weighted by molar-refractivity contribution is 7.26. The molecular weight excluding hydrogens is 801 g/mol. The van der Waals surface area contributed by atoms with E-state index in [-0.39, 0.29) is 0 Å². The van der Waals surface area contributed by atoms with E-state index in [0.29, 0.717) is 0 Å². The van der Waals surface area contributed by atoms with Gasteiger partial charge in [-0.3, -0.25) is 0 Å². The lowest BCUT2D eigenvalue weighted by Crippen LogP contribution is -2.10. The van der Waals surface area contributed by atoms with Gasteiger partial charge in [-0.25, -0.2) is 4.98 Å². The van der Waals surface area contributed by atoms with Crippen LogP contribution in [0.4, 0.5) is 17.1 Å². The highest BCUT2D eigenvalue weighted by atomic mass is 32.1. The number of hydrogen-bond acceptors (Lipinski definition) is 4. The zero-order chi connectivity index (χ0) is 41.7. The van der Waals surface area contributed by atoms with Crippen molar-refractivity contribution in [3.05, 3.63) is 231 Å². The van der Waals surface area contributed by atoms with Gasteiger partial charge < -0.3 is 4.90 Å². The summed E-state index contributed by atoms with van der Waals surface area (Å²) < 4.78 is 3.79. The van der Waals surface area contributed by atoms with Crippen LogP contribution >= 0.6 is 22.7 Å². The normalized spacial score (nSPS) is 11.5. The summed E-state index contributed by atoms with van der Waals surface area (Å²) >= 11 is 3.63. The van der Waals surface area contributed by atoms with Crippen molar-refractivity contribution < 1.29 is 0 Å². The van der Waals surface area contributed by atoms with Crippen LogP contribution in [0.3, 0.4) is 0 Å². The van der Waals surface area contributed by atoms with Crippen LogP contribution in [0.25, 0.3) is 96.2 Å². The Kier molecular flexibility index (Phi) is 9.25. The zero-order valence-electron chi connectivity index (χ0n) is 34.2. The fraction of sp³-hybridized carbons (Fsp3) is 0. The van der Waals surface area contributed by atoms with Crippen molar-refractivity contribution in [3.8, 4) is 55.1 Å². The fourth-order valence-corrected chi connectivity index (χ4v) is 11.2. The van der Waals surface area contributed by atoms with Crippen molar-refractivity contribution in [3.63, 3.8) is 0 Å². The van der Waals surface area contributed by atoms with E-state index in [1.54, 1.807) is 11.3 Å². The molecule has 0 saturated carbocycles. The number of thiazole rings is 1. The van der Waals surface area contributed by atoms with Crippen LogP contribution in [-0.2, 0) is 0 Å². The summed E-state index contributed by atoms with van der Waals surface area (Å²) in [5, 5.41) is 6.09. The van der Waals surface area contributed by atoms with Crippen LogP contribution in [-0.4, -0.2) is 4.98 Å². The maximum absolute atomic E-state index is 5.11. The molecule has 2 nitrogen and oxygen atoms in total. The van der Waals surface area contributed by atoms with Gasteiger partial charge in [0, 0.05) is 42.8 Å². The number of rotatable bonds is 8. The molecule has 4 heteroatoms. The summed E-state index contributed by atoms with van der Waals surface area (Å²) in [4.78, 5) is 7.50. The molecule has 0 bridgehead atoms. The van der Waals surface area contributed by atoms with Crippen molar-refractivity contribution >= 4 is 80.9 Å². The minimum atomic E-state index is 1.05. The third-order valence-electron chi connectivity index (χ3n) is 12.1. The lowest BCUT2D eigenvalue weighted by Gasteiger charge is -2.27. The Bertz CT molecular complexity index is 3590. The minimum absolute atomic E-state index is 1.05. The second-order valence-corrected chi connectivity index (χ2v) is 18.0. The summed E-state index contributed by atoms with van der Waals surface area (Å²) in [6.07, 6.45) is 0. The van der Waals surface area contributed by atoms with Crippen molar-refractivity contribution in [2.45, 2.75) is 0 Å². The van der Waals surface area contributed by atoms with Crippen LogP contribution in [0, 0.1) is 0 Å². The zero-order valence-corrected chi connectivity index (χ0v) is 35.8. The topological polar surface area (TPSA) is 16.1 Å². The molecule has 10 aromatic carbocycles. The Balaban J connectivity index is 0.973. The molecule has 2 heterocycles. The molecule has 63 heavy (non-hydrogen) atoms. The third kappa shape index (κ3) is 6.87. The van der Waals surface area contributed by atoms with Gasteiger partial charge in [-0.2, -0.15) is 0 Å². The largest absolute Gasteiger partial charge is 0.310 e. The van der Waals surface area contributed by atoms with E-state index in [1.165, 1.54) is 80.2 Å². The molecule has 0 spiro atoms. The number of anilines is 3. The molecule has 0 aliphatic carbocycles. The Morgan fingerprint density at radius 2 is 0.905 bits per heavy atom. The number of fused-ring (bicyclic) bond motifs is 5. The predicted molar refractivity (Wildman–Crippen MR) is 272 cm³/mol. The third-order valence-corrected chi connectivity index (χ3v) is 14.3. The second-order valence-electron chi connectivity index (χ2n) is 15.9. The Morgan fingerprint density at radius 1 is 0.317 bits per heavy atom. The maximum atomic E-state index is 5.11. The first-order chi connectivity index (χ1) is 31.2. The van der Waals surface area contributed by atoms with E-state index in [9.17, 15) is 0 Å². The first-order valence-electron chi connectivity index (χ1n) is 21.3. The van der Waals surface area contributed by atoms with Crippen LogP contribution < -0.4 is 4.90 Å². The highest BCUT2D eigenvalue weighted by Gasteiger charge is 2.19. The Hall–Kier alpha value is -7.63. The van der Waals surface area contributed by atoms with Crippen LogP contribution in [0.5, 0.6) is 0 Å². The minimum Gasteiger partial charge on any atom is -0.310 e. The number of thiophene rings is 1. The summed E-state index contributed by atoms with van der Waals surface area (Å²) in [6, 6.07) is 83.6. The quantitative estimate of drug-likeness (QED) is 0.152. The van der Waals surface area contributed by atoms with E-state index in [2.05, 4.69) is 235 Å². The maximum Gasteiger partial charge on any atom is 0.124 e. The molecule has 0 radical (unpaired) electrons. The van der Waals surface area contributed by atoms with Gasteiger partial charge in [-0.15, -0.1) is 22.7 Å². The van der Waals surface area contributed by atoms with Crippen molar-refractivity contribution in [1.29, 1.82) is 0 Å². The lowest BCUT2D eigenvalue weighted by molar-refractivity contribution is 1.28. The second kappa shape index (κ2) is 15.7. The van der Waals surface area contributed by atoms with Gasteiger partial charge in [-0.05, 0) is 116 Å². The Morgan fingerprint density at radius 3 is 1.62 bits per heavy atom. The van der Waals surface area contributed by atoms with E-state index >= 15 is 0 Å². The molecule has 0 amide bonds. The molecule has 12 aromatic rings. The van der Waals surface area contributed by atoms with Gasteiger partial charge in [0.25, 0.3) is 0 Å². The van der Waals surface area contributed by atoms with Crippen molar-refractivity contribution in [2.24, 2.45) is 0 Å². The number of hydrogen-bond donors (Lipinski definition) is 0. The molecule has 0 unspecified atom stereocenters. The van der Waals surface area contributed by atoms with E-state index < -0.39 is 0 Å². The molecule has 0 N–H and O–H groups in total. The van der Waals surface area contributed by atoms with Crippen LogP contribution in [0.15, 0.2) is 231 Å². The molecule has 296 valence electrons. The summed E-state index contributed by atoms with van der Waals surface area (Å²) in [7, 11) is 0. The van der Waals surface area contributed by atoms with Gasteiger partial charge in [-0.1, -0.05) is 170 Å². The first-order valence-corrected chi connectivity index (χ1v) is 22.9. The lowest BCUT2D eigenvalue weighted by atomic mass is 9.93. The van der Waals surface area contributed by atoms with Crippen LogP contribution in [0.1, 0.15) is 0 Å². The average Bonchev–Trinajstić information content (AvgIpc) is 3.95. The Labute approximate surface area is 374 Å². The molecule has 0 saturated heterocycles. The molecule has 0 atom stereocenters. The van der Waals surface area contributed by atoms with Crippen molar-refractivity contribution in [1.82, 2.24) is 4.98 Å². The van der Waals surface area contributed by atoms with Gasteiger partial charge >= 0.3 is 0 Å². The molecule has 0 aliphatic rings. The monoisotopic (exact) mass is 838 g/mol. The van der Waals surface area contributed by atoms with Crippen molar-refractivity contribution in [2.75, 3.05) is 4.90 Å². The van der Waals surface area contributed by atoms with E-state index in [1.807, 2.05) is 11.3 Å². The van der Waals surface area contributed by atoms with Gasteiger partial charge in [0.15, 0.2) is 0 Å². The summed E-state index contributed by atoms with van der Waals surface area (Å²) in [6.45, 7) is 0. The molecule has 2 aromatic heterocycles. The fourth-order valence-electron chi connectivity index (χ4n) is 9.00. The SMILES string of the molecule is c1ccc(-c2nc3cc4c(cc3s2)sc2cccc(-c3ccc(N(c5ccc(-c6ccc7ccccc7c6)cc5)c5ccc(-c6ccccc6)c(-c6ccccc6)c5)cc3)c24)cc1. The first kappa shape index (κ1) is 37.2. The van der Waals surface area contributed by atoms with Gasteiger partial charge in [0.2, 0.25) is 0 Å². The molecule has 12 rings (SSSR count). The van der Waals surface area contributed by atoms with E-state index in [4.69, 9.17) is 4.98 Å². The summed E-state index contributed by atoms with van der Waals surface area (Å²) in [5.41, 5.74) is 15.0.